The monoisotopic (exact) mass is 247 g/mol. The Morgan fingerprint density at radius 2 is 2.11 bits per heavy atom. The molecule has 0 saturated heterocycles. The van der Waals surface area contributed by atoms with E-state index < -0.39 is 6.04 Å². The molecular formula is C14H17NO3. The van der Waals surface area contributed by atoms with Crippen LogP contribution in [0.4, 0.5) is 0 Å². The van der Waals surface area contributed by atoms with E-state index in [1.54, 1.807) is 19.2 Å². The second-order valence-electron chi connectivity index (χ2n) is 4.61. The first-order valence-electron chi connectivity index (χ1n) is 6.09. The van der Waals surface area contributed by atoms with Gasteiger partial charge in [0.1, 0.15) is 11.5 Å². The number of benzene rings is 1. The van der Waals surface area contributed by atoms with Crippen LogP contribution in [0.25, 0.3) is 0 Å². The van der Waals surface area contributed by atoms with Crippen LogP contribution in [-0.2, 0) is 4.79 Å². The first kappa shape index (κ1) is 12.8. The highest BCUT2D eigenvalue weighted by atomic mass is 16.5. The third-order valence-electron chi connectivity index (χ3n) is 3.43. The highest BCUT2D eigenvalue weighted by Crippen LogP contribution is 2.28. The lowest BCUT2D eigenvalue weighted by atomic mass is 9.81. The molecule has 0 aliphatic heterocycles. The zero-order chi connectivity index (χ0) is 13.1. The summed E-state index contributed by atoms with van der Waals surface area (Å²) in [5.41, 5.74) is 6.30. The summed E-state index contributed by atoms with van der Waals surface area (Å²) in [6.07, 6.45) is 1.42. The van der Waals surface area contributed by atoms with Crippen LogP contribution in [0.3, 0.4) is 0 Å². The topological polar surface area (TPSA) is 69.4 Å². The van der Waals surface area contributed by atoms with E-state index in [9.17, 15) is 9.59 Å². The van der Waals surface area contributed by atoms with Crippen molar-refractivity contribution in [2.45, 2.75) is 25.3 Å². The molecule has 96 valence electrons. The summed E-state index contributed by atoms with van der Waals surface area (Å²) in [7, 11) is 1.54. The Morgan fingerprint density at radius 3 is 2.78 bits per heavy atom. The van der Waals surface area contributed by atoms with Crippen LogP contribution in [0.15, 0.2) is 24.3 Å². The van der Waals surface area contributed by atoms with E-state index in [2.05, 4.69) is 0 Å². The van der Waals surface area contributed by atoms with Crippen LogP contribution in [0.5, 0.6) is 5.75 Å². The van der Waals surface area contributed by atoms with Crippen LogP contribution in [0.1, 0.15) is 29.6 Å². The molecule has 1 aliphatic rings. The van der Waals surface area contributed by atoms with E-state index in [-0.39, 0.29) is 17.5 Å². The molecule has 4 heteroatoms. The lowest BCUT2D eigenvalue weighted by Gasteiger charge is -2.25. The van der Waals surface area contributed by atoms with Crippen LogP contribution >= 0.6 is 0 Å². The lowest BCUT2D eigenvalue weighted by molar-refractivity contribution is -0.122. The van der Waals surface area contributed by atoms with Gasteiger partial charge in [-0.3, -0.25) is 9.59 Å². The zero-order valence-corrected chi connectivity index (χ0v) is 10.4. The molecule has 0 aromatic heterocycles. The fourth-order valence-electron chi connectivity index (χ4n) is 2.36. The van der Waals surface area contributed by atoms with Crippen molar-refractivity contribution in [3.63, 3.8) is 0 Å². The van der Waals surface area contributed by atoms with Crippen LogP contribution in [0, 0.1) is 5.92 Å². The predicted octanol–water partition coefficient (Wildman–Crippen LogP) is 1.57. The molecule has 2 N–H and O–H groups in total. The Bertz CT molecular complexity index is 470. The number of carbonyl (C=O) groups excluding carboxylic acids is 2. The van der Waals surface area contributed by atoms with Crippen molar-refractivity contribution in [3.8, 4) is 5.75 Å². The molecule has 1 fully saturated rings. The maximum absolute atomic E-state index is 12.4. The SMILES string of the molecule is COc1ccccc1C(=O)C1CCC(=O)C(N)C1. The van der Waals surface area contributed by atoms with Crippen molar-refractivity contribution < 1.29 is 14.3 Å². The number of ether oxygens (including phenoxy) is 1. The number of hydrogen-bond acceptors (Lipinski definition) is 4. The molecule has 2 unspecified atom stereocenters. The van der Waals surface area contributed by atoms with Crippen molar-refractivity contribution in [2.75, 3.05) is 7.11 Å². The minimum absolute atomic E-state index is 0.0235. The molecule has 1 aliphatic carbocycles. The Hall–Kier alpha value is -1.68. The van der Waals surface area contributed by atoms with E-state index in [4.69, 9.17) is 10.5 Å². The summed E-state index contributed by atoms with van der Waals surface area (Å²) >= 11 is 0. The number of ketones is 2. The molecule has 0 bridgehead atoms. The Balaban J connectivity index is 2.19. The molecule has 1 saturated carbocycles. The van der Waals surface area contributed by atoms with Crippen molar-refractivity contribution in [2.24, 2.45) is 11.7 Å². The number of rotatable bonds is 3. The molecule has 4 nitrogen and oxygen atoms in total. The predicted molar refractivity (Wildman–Crippen MR) is 67.6 cm³/mol. The van der Waals surface area contributed by atoms with E-state index in [1.807, 2.05) is 12.1 Å². The summed E-state index contributed by atoms with van der Waals surface area (Å²) < 4.78 is 5.19. The normalized spacial score (nSPS) is 23.8. The van der Waals surface area contributed by atoms with Gasteiger partial charge in [-0.25, -0.2) is 0 Å². The third-order valence-corrected chi connectivity index (χ3v) is 3.43. The molecule has 1 aromatic rings. The van der Waals surface area contributed by atoms with E-state index in [1.165, 1.54) is 0 Å². The summed E-state index contributed by atoms with van der Waals surface area (Å²) in [6, 6.07) is 6.65. The van der Waals surface area contributed by atoms with Crippen LogP contribution in [0.2, 0.25) is 0 Å². The molecule has 18 heavy (non-hydrogen) atoms. The Labute approximate surface area is 106 Å². The quantitative estimate of drug-likeness (QED) is 0.823. The number of nitrogens with two attached hydrogens (primary N) is 1. The van der Waals surface area contributed by atoms with Crippen LogP contribution in [-0.4, -0.2) is 24.7 Å². The second kappa shape index (κ2) is 5.31. The zero-order valence-electron chi connectivity index (χ0n) is 10.4. The highest BCUT2D eigenvalue weighted by Gasteiger charge is 2.31. The fraction of sp³-hybridized carbons (Fsp3) is 0.429. The number of methoxy groups -OCH3 is 1. The molecule has 1 aromatic carbocycles. The first-order chi connectivity index (χ1) is 8.63. The van der Waals surface area contributed by atoms with Gasteiger partial charge in [-0.05, 0) is 25.0 Å². The van der Waals surface area contributed by atoms with Gasteiger partial charge in [0.25, 0.3) is 0 Å². The van der Waals surface area contributed by atoms with Gasteiger partial charge in [0.2, 0.25) is 0 Å². The summed E-state index contributed by atoms with van der Waals surface area (Å²) in [6.45, 7) is 0. The van der Waals surface area contributed by atoms with Crippen molar-refractivity contribution in [1.82, 2.24) is 0 Å². The smallest absolute Gasteiger partial charge is 0.169 e. The highest BCUT2D eigenvalue weighted by molar-refractivity contribution is 6.01. The summed E-state index contributed by atoms with van der Waals surface area (Å²) in [5.74, 6) is 0.483. The van der Waals surface area contributed by atoms with E-state index >= 15 is 0 Å². The lowest BCUT2D eigenvalue weighted by Crippen LogP contribution is -2.39. The number of para-hydroxylation sites is 1. The first-order valence-corrected chi connectivity index (χ1v) is 6.09. The Kier molecular flexibility index (Phi) is 3.77. The van der Waals surface area contributed by atoms with Crippen LogP contribution < -0.4 is 10.5 Å². The van der Waals surface area contributed by atoms with Gasteiger partial charge in [-0.15, -0.1) is 0 Å². The van der Waals surface area contributed by atoms with E-state index in [0.29, 0.717) is 30.6 Å². The van der Waals surface area contributed by atoms with Gasteiger partial charge in [0.15, 0.2) is 5.78 Å². The second-order valence-corrected chi connectivity index (χ2v) is 4.61. The van der Waals surface area contributed by atoms with Gasteiger partial charge in [0, 0.05) is 12.3 Å². The van der Waals surface area contributed by atoms with Crippen molar-refractivity contribution >= 4 is 11.6 Å². The summed E-state index contributed by atoms with van der Waals surface area (Å²) in [5, 5.41) is 0. The van der Waals surface area contributed by atoms with Crippen molar-refractivity contribution in [1.29, 1.82) is 0 Å². The maximum Gasteiger partial charge on any atom is 0.169 e. The van der Waals surface area contributed by atoms with Gasteiger partial charge < -0.3 is 10.5 Å². The molecule has 0 radical (unpaired) electrons. The van der Waals surface area contributed by atoms with Gasteiger partial charge in [-0.2, -0.15) is 0 Å². The number of Topliss-reactive ketones (excluding diaryl/α,β-unsaturated/α-hetero) is 2. The molecule has 0 heterocycles. The minimum Gasteiger partial charge on any atom is -0.496 e. The average Bonchev–Trinajstić information content (AvgIpc) is 2.41. The number of hydrogen-bond donors (Lipinski definition) is 1. The maximum atomic E-state index is 12.4. The molecule has 2 rings (SSSR count). The van der Waals surface area contributed by atoms with Gasteiger partial charge in [0.05, 0.1) is 18.7 Å². The van der Waals surface area contributed by atoms with Crippen molar-refractivity contribution in [3.05, 3.63) is 29.8 Å². The summed E-state index contributed by atoms with van der Waals surface area (Å²) in [4.78, 5) is 23.7. The standard InChI is InChI=1S/C14H17NO3/c1-18-13-5-3-2-4-10(13)14(17)9-6-7-12(16)11(15)8-9/h2-5,9,11H,6-8,15H2,1H3. The van der Waals surface area contributed by atoms with Gasteiger partial charge >= 0.3 is 0 Å². The molecule has 0 amide bonds. The molecular weight excluding hydrogens is 230 g/mol. The molecule has 2 atom stereocenters. The number of carbonyl (C=O) groups is 2. The fourth-order valence-corrected chi connectivity index (χ4v) is 2.36. The molecule has 0 spiro atoms. The largest absolute Gasteiger partial charge is 0.496 e. The Morgan fingerprint density at radius 1 is 1.39 bits per heavy atom. The van der Waals surface area contributed by atoms with E-state index in [0.717, 1.165) is 0 Å². The minimum atomic E-state index is -0.498. The average molecular weight is 247 g/mol. The third kappa shape index (κ3) is 2.43. The van der Waals surface area contributed by atoms with Gasteiger partial charge in [-0.1, -0.05) is 12.1 Å².